The van der Waals surface area contributed by atoms with E-state index in [1.54, 1.807) is 6.20 Å². The smallest absolute Gasteiger partial charge is 0.114 e. The van der Waals surface area contributed by atoms with Crippen molar-refractivity contribution in [3.8, 4) is 11.1 Å². The summed E-state index contributed by atoms with van der Waals surface area (Å²) in [5.41, 5.74) is 4.91. The second kappa shape index (κ2) is 8.11. The SMILES string of the molecule is Clc1ccc(CN(Cc2ccc(-c3ccccc3)cc2)n2ccnc2)cc1. The molecule has 0 aliphatic rings. The Bertz CT molecular complexity index is 963. The van der Waals surface area contributed by atoms with Gasteiger partial charge in [-0.1, -0.05) is 78.3 Å². The molecule has 0 N–H and O–H groups in total. The van der Waals surface area contributed by atoms with Gasteiger partial charge in [-0.2, -0.15) is 0 Å². The molecule has 0 aliphatic heterocycles. The number of benzene rings is 3. The van der Waals surface area contributed by atoms with Crippen molar-refractivity contribution in [2.24, 2.45) is 0 Å². The predicted octanol–water partition coefficient (Wildman–Crippen LogP) is 5.54. The van der Waals surface area contributed by atoms with E-state index >= 15 is 0 Å². The molecule has 4 heteroatoms. The van der Waals surface area contributed by atoms with Gasteiger partial charge in [0.15, 0.2) is 0 Å². The Morgan fingerprint density at radius 1 is 0.741 bits per heavy atom. The van der Waals surface area contributed by atoms with E-state index in [0.29, 0.717) is 0 Å². The molecule has 3 aromatic carbocycles. The summed E-state index contributed by atoms with van der Waals surface area (Å²) in [5, 5.41) is 3.00. The van der Waals surface area contributed by atoms with Crippen LogP contribution >= 0.6 is 11.6 Å². The molecular formula is C23H20ClN3. The maximum absolute atomic E-state index is 6.01. The summed E-state index contributed by atoms with van der Waals surface area (Å²) in [5.74, 6) is 0. The summed E-state index contributed by atoms with van der Waals surface area (Å²) in [6, 6.07) is 27.1. The molecule has 0 saturated carbocycles. The number of imidazole rings is 1. The van der Waals surface area contributed by atoms with Crippen LogP contribution in [0.5, 0.6) is 0 Å². The van der Waals surface area contributed by atoms with E-state index in [0.717, 1.165) is 18.1 Å². The highest BCUT2D eigenvalue weighted by molar-refractivity contribution is 6.30. The standard InChI is InChI=1S/C23H20ClN3/c24-23-12-8-20(9-13-23)17-27(26-15-14-25-18-26)16-19-6-10-22(11-7-19)21-4-2-1-3-5-21/h1-15,18H,16-17H2. The van der Waals surface area contributed by atoms with Gasteiger partial charge in [-0.25, -0.2) is 4.98 Å². The van der Waals surface area contributed by atoms with Gasteiger partial charge in [-0.05, 0) is 34.4 Å². The molecule has 1 aromatic heterocycles. The van der Waals surface area contributed by atoms with Gasteiger partial charge < -0.3 is 5.01 Å². The lowest BCUT2D eigenvalue weighted by Gasteiger charge is -2.26. The molecule has 27 heavy (non-hydrogen) atoms. The van der Waals surface area contributed by atoms with E-state index < -0.39 is 0 Å². The second-order valence-electron chi connectivity index (χ2n) is 6.45. The summed E-state index contributed by atoms with van der Waals surface area (Å²) in [4.78, 5) is 4.19. The first-order valence-electron chi connectivity index (χ1n) is 8.90. The molecule has 4 rings (SSSR count). The zero-order chi connectivity index (χ0) is 18.5. The second-order valence-corrected chi connectivity index (χ2v) is 6.89. The molecule has 0 amide bonds. The summed E-state index contributed by atoms with van der Waals surface area (Å²) >= 11 is 6.01. The Labute approximate surface area is 164 Å². The summed E-state index contributed by atoms with van der Waals surface area (Å²) in [7, 11) is 0. The lowest BCUT2D eigenvalue weighted by Crippen LogP contribution is -2.32. The highest BCUT2D eigenvalue weighted by Crippen LogP contribution is 2.20. The molecule has 0 spiro atoms. The number of hydrogen-bond acceptors (Lipinski definition) is 2. The van der Waals surface area contributed by atoms with Crippen molar-refractivity contribution in [3.63, 3.8) is 0 Å². The number of aromatic nitrogens is 2. The molecule has 0 saturated heterocycles. The Morgan fingerprint density at radius 2 is 1.33 bits per heavy atom. The molecule has 1 heterocycles. The van der Waals surface area contributed by atoms with Crippen molar-refractivity contribution in [1.82, 2.24) is 9.66 Å². The maximum Gasteiger partial charge on any atom is 0.114 e. The molecule has 0 radical (unpaired) electrons. The summed E-state index contributed by atoms with van der Waals surface area (Å²) in [6.07, 6.45) is 5.59. The van der Waals surface area contributed by atoms with Crippen molar-refractivity contribution in [3.05, 3.63) is 114 Å². The summed E-state index contributed by atoms with van der Waals surface area (Å²) in [6.45, 7) is 1.56. The number of rotatable bonds is 6. The Kier molecular flexibility index (Phi) is 5.22. The van der Waals surface area contributed by atoms with E-state index in [2.05, 4.69) is 70.7 Å². The molecule has 4 aromatic rings. The fourth-order valence-electron chi connectivity index (χ4n) is 3.08. The first kappa shape index (κ1) is 17.4. The van der Waals surface area contributed by atoms with Gasteiger partial charge in [0, 0.05) is 17.4 Å². The van der Waals surface area contributed by atoms with Crippen LogP contribution in [0.25, 0.3) is 11.1 Å². The van der Waals surface area contributed by atoms with E-state index in [1.165, 1.54) is 22.3 Å². The van der Waals surface area contributed by atoms with E-state index in [-0.39, 0.29) is 0 Å². The van der Waals surface area contributed by atoms with Gasteiger partial charge in [0.25, 0.3) is 0 Å². The van der Waals surface area contributed by atoms with E-state index in [4.69, 9.17) is 11.6 Å². The van der Waals surface area contributed by atoms with Crippen molar-refractivity contribution < 1.29 is 0 Å². The van der Waals surface area contributed by atoms with Crippen molar-refractivity contribution >= 4 is 11.6 Å². The highest BCUT2D eigenvalue weighted by atomic mass is 35.5. The zero-order valence-corrected chi connectivity index (χ0v) is 15.6. The van der Waals surface area contributed by atoms with Gasteiger partial charge in [0.1, 0.15) is 6.33 Å². The quantitative estimate of drug-likeness (QED) is 0.442. The molecule has 0 atom stereocenters. The molecule has 0 unspecified atom stereocenters. The van der Waals surface area contributed by atoms with Crippen molar-refractivity contribution in [2.45, 2.75) is 13.1 Å². The monoisotopic (exact) mass is 373 g/mol. The number of nitrogens with zero attached hydrogens (tertiary/aromatic N) is 3. The predicted molar refractivity (Wildman–Crippen MR) is 111 cm³/mol. The largest absolute Gasteiger partial charge is 0.303 e. The third-order valence-electron chi connectivity index (χ3n) is 4.52. The average Bonchev–Trinajstić information content (AvgIpc) is 3.25. The van der Waals surface area contributed by atoms with E-state index in [9.17, 15) is 0 Å². The van der Waals surface area contributed by atoms with Crippen LogP contribution < -0.4 is 5.01 Å². The number of hydrogen-bond donors (Lipinski definition) is 0. The number of halogens is 1. The minimum atomic E-state index is 0.754. The van der Waals surface area contributed by atoms with Crippen LogP contribution in [0.4, 0.5) is 0 Å². The maximum atomic E-state index is 6.01. The van der Waals surface area contributed by atoms with Crippen LogP contribution in [0.2, 0.25) is 5.02 Å². The molecule has 0 aliphatic carbocycles. The first-order chi connectivity index (χ1) is 13.3. The van der Waals surface area contributed by atoms with Crippen molar-refractivity contribution in [2.75, 3.05) is 5.01 Å². The Morgan fingerprint density at radius 3 is 1.93 bits per heavy atom. The minimum absolute atomic E-state index is 0.754. The third-order valence-corrected chi connectivity index (χ3v) is 4.77. The lowest BCUT2D eigenvalue weighted by atomic mass is 10.0. The zero-order valence-electron chi connectivity index (χ0n) is 14.9. The van der Waals surface area contributed by atoms with Crippen molar-refractivity contribution in [1.29, 1.82) is 0 Å². The third kappa shape index (κ3) is 4.39. The molecule has 0 fully saturated rings. The van der Waals surface area contributed by atoms with Crippen LogP contribution in [0.1, 0.15) is 11.1 Å². The van der Waals surface area contributed by atoms with Gasteiger partial charge in [-0.3, -0.25) is 4.68 Å². The van der Waals surface area contributed by atoms with Crippen LogP contribution in [-0.2, 0) is 13.1 Å². The lowest BCUT2D eigenvalue weighted by molar-refractivity contribution is 0.576. The van der Waals surface area contributed by atoms with Gasteiger partial charge >= 0.3 is 0 Å². The molecule has 3 nitrogen and oxygen atoms in total. The fourth-order valence-corrected chi connectivity index (χ4v) is 3.21. The van der Waals surface area contributed by atoms with Gasteiger partial charge in [0.2, 0.25) is 0 Å². The molecule has 134 valence electrons. The highest BCUT2D eigenvalue weighted by Gasteiger charge is 2.08. The minimum Gasteiger partial charge on any atom is -0.303 e. The van der Waals surface area contributed by atoms with Crippen LogP contribution in [0.3, 0.4) is 0 Å². The molecule has 0 bridgehead atoms. The van der Waals surface area contributed by atoms with Crippen LogP contribution in [0, 0.1) is 0 Å². The Balaban J connectivity index is 1.54. The van der Waals surface area contributed by atoms with E-state index in [1.807, 2.05) is 35.4 Å². The first-order valence-corrected chi connectivity index (χ1v) is 9.28. The molecular weight excluding hydrogens is 354 g/mol. The van der Waals surface area contributed by atoms with Crippen LogP contribution in [0.15, 0.2) is 97.6 Å². The van der Waals surface area contributed by atoms with Crippen LogP contribution in [-0.4, -0.2) is 9.66 Å². The average molecular weight is 374 g/mol. The van der Waals surface area contributed by atoms with Gasteiger partial charge in [-0.15, -0.1) is 0 Å². The normalized spacial score (nSPS) is 10.7. The summed E-state index contributed by atoms with van der Waals surface area (Å²) < 4.78 is 2.03. The topological polar surface area (TPSA) is 21.1 Å². The van der Waals surface area contributed by atoms with Gasteiger partial charge in [0.05, 0.1) is 13.1 Å². The Hall–Kier alpha value is -3.04. The fraction of sp³-hybridized carbons (Fsp3) is 0.0870.